The Bertz CT molecular complexity index is 672. The van der Waals surface area contributed by atoms with Crippen LogP contribution in [0.25, 0.3) is 0 Å². The van der Waals surface area contributed by atoms with Gasteiger partial charge in [-0.15, -0.1) is 0 Å². The molecule has 2 rings (SSSR count). The van der Waals surface area contributed by atoms with Crippen LogP contribution in [0.2, 0.25) is 0 Å². The Morgan fingerprint density at radius 1 is 1.24 bits per heavy atom. The van der Waals surface area contributed by atoms with Gasteiger partial charge in [-0.3, -0.25) is 0 Å². The SMILES string of the molecule is Cc1ccc(Cc2nc(SC(C)C)nc(N)c2C#N)cc1. The number of anilines is 1. The minimum Gasteiger partial charge on any atom is -0.382 e. The minimum absolute atomic E-state index is 0.262. The van der Waals surface area contributed by atoms with Gasteiger partial charge < -0.3 is 5.73 Å². The molecule has 1 aromatic heterocycles. The van der Waals surface area contributed by atoms with Crippen molar-refractivity contribution < 1.29 is 0 Å². The second-order valence-corrected chi connectivity index (χ2v) is 6.70. The summed E-state index contributed by atoms with van der Waals surface area (Å²) in [5.74, 6) is 0.262. The number of hydrogen-bond acceptors (Lipinski definition) is 5. The van der Waals surface area contributed by atoms with E-state index in [0.29, 0.717) is 28.1 Å². The van der Waals surface area contributed by atoms with Crippen molar-refractivity contribution in [2.75, 3.05) is 5.73 Å². The van der Waals surface area contributed by atoms with Crippen molar-refractivity contribution in [2.24, 2.45) is 0 Å². The number of nitrogens with two attached hydrogens (primary N) is 1. The summed E-state index contributed by atoms with van der Waals surface area (Å²) in [5.41, 5.74) is 9.28. The van der Waals surface area contributed by atoms with E-state index in [9.17, 15) is 5.26 Å². The highest BCUT2D eigenvalue weighted by Gasteiger charge is 2.14. The predicted molar refractivity (Wildman–Crippen MR) is 86.1 cm³/mol. The maximum absolute atomic E-state index is 9.28. The number of aryl methyl sites for hydroxylation is 1. The zero-order chi connectivity index (χ0) is 15.4. The molecule has 4 nitrogen and oxygen atoms in total. The highest BCUT2D eigenvalue weighted by molar-refractivity contribution is 7.99. The van der Waals surface area contributed by atoms with E-state index < -0.39 is 0 Å². The molecular weight excluding hydrogens is 280 g/mol. The van der Waals surface area contributed by atoms with Crippen LogP contribution in [-0.4, -0.2) is 15.2 Å². The van der Waals surface area contributed by atoms with Gasteiger partial charge in [0.1, 0.15) is 17.5 Å². The summed E-state index contributed by atoms with van der Waals surface area (Å²) in [7, 11) is 0. The summed E-state index contributed by atoms with van der Waals surface area (Å²) in [6.07, 6.45) is 0.585. The van der Waals surface area contributed by atoms with Crippen LogP contribution in [0, 0.1) is 18.3 Å². The maximum atomic E-state index is 9.28. The first-order chi connectivity index (χ1) is 9.99. The quantitative estimate of drug-likeness (QED) is 0.692. The van der Waals surface area contributed by atoms with E-state index in [1.165, 1.54) is 5.56 Å². The Balaban J connectivity index is 2.38. The van der Waals surface area contributed by atoms with Crippen LogP contribution in [0.5, 0.6) is 0 Å². The second-order valence-electron chi connectivity index (χ2n) is 5.15. The molecule has 5 heteroatoms. The second kappa shape index (κ2) is 6.59. The van der Waals surface area contributed by atoms with E-state index in [-0.39, 0.29) is 5.82 Å². The number of thioether (sulfide) groups is 1. The first kappa shape index (κ1) is 15.3. The van der Waals surface area contributed by atoms with E-state index in [0.717, 1.165) is 5.56 Å². The summed E-state index contributed by atoms with van der Waals surface area (Å²) < 4.78 is 0. The summed E-state index contributed by atoms with van der Waals surface area (Å²) in [5, 5.41) is 10.3. The Labute approximate surface area is 129 Å². The fourth-order valence-electron chi connectivity index (χ4n) is 1.92. The van der Waals surface area contributed by atoms with Crippen LogP contribution in [0.15, 0.2) is 29.4 Å². The Morgan fingerprint density at radius 3 is 2.48 bits per heavy atom. The van der Waals surface area contributed by atoms with Crippen molar-refractivity contribution in [3.63, 3.8) is 0 Å². The summed E-state index contributed by atoms with van der Waals surface area (Å²) >= 11 is 1.55. The fourth-order valence-corrected chi connectivity index (χ4v) is 2.65. The summed E-state index contributed by atoms with van der Waals surface area (Å²) in [4.78, 5) is 8.72. The zero-order valence-corrected chi connectivity index (χ0v) is 13.2. The van der Waals surface area contributed by atoms with Crippen LogP contribution in [0.3, 0.4) is 0 Å². The van der Waals surface area contributed by atoms with E-state index in [1.807, 2.05) is 19.1 Å². The number of aromatic nitrogens is 2. The van der Waals surface area contributed by atoms with E-state index in [4.69, 9.17) is 5.73 Å². The van der Waals surface area contributed by atoms with Gasteiger partial charge in [0.2, 0.25) is 0 Å². The highest BCUT2D eigenvalue weighted by atomic mass is 32.2. The molecule has 0 saturated carbocycles. The normalized spacial score (nSPS) is 10.6. The molecule has 0 radical (unpaired) electrons. The lowest BCUT2D eigenvalue weighted by Gasteiger charge is -2.10. The standard InChI is InChI=1S/C16H18N4S/c1-10(2)21-16-19-14(13(9-17)15(18)20-16)8-12-6-4-11(3)5-7-12/h4-7,10H,8H2,1-3H3,(H2,18,19,20). The maximum Gasteiger partial charge on any atom is 0.190 e. The van der Waals surface area contributed by atoms with Gasteiger partial charge in [-0.25, -0.2) is 9.97 Å². The van der Waals surface area contributed by atoms with Crippen LogP contribution in [-0.2, 0) is 6.42 Å². The van der Waals surface area contributed by atoms with Gasteiger partial charge in [0.25, 0.3) is 0 Å². The molecule has 0 bridgehead atoms. The van der Waals surface area contributed by atoms with Gasteiger partial charge in [0.05, 0.1) is 5.69 Å². The fraction of sp³-hybridized carbons (Fsp3) is 0.312. The number of nitrogens with zero attached hydrogens (tertiary/aromatic N) is 3. The first-order valence-electron chi connectivity index (χ1n) is 6.78. The Hall–Kier alpha value is -2.06. The smallest absolute Gasteiger partial charge is 0.190 e. The molecular formula is C16H18N4S. The molecule has 0 fully saturated rings. The third kappa shape index (κ3) is 3.96. The Kier molecular flexibility index (Phi) is 4.81. The highest BCUT2D eigenvalue weighted by Crippen LogP contribution is 2.24. The van der Waals surface area contributed by atoms with Crippen LogP contribution in [0.1, 0.15) is 36.2 Å². The zero-order valence-electron chi connectivity index (χ0n) is 12.4. The van der Waals surface area contributed by atoms with Gasteiger partial charge in [-0.1, -0.05) is 55.4 Å². The van der Waals surface area contributed by atoms with Gasteiger partial charge in [-0.05, 0) is 12.5 Å². The van der Waals surface area contributed by atoms with Gasteiger partial charge in [0, 0.05) is 11.7 Å². The van der Waals surface area contributed by atoms with E-state index in [2.05, 4.69) is 42.0 Å². The van der Waals surface area contributed by atoms with Crippen LogP contribution < -0.4 is 5.73 Å². The number of rotatable bonds is 4. The van der Waals surface area contributed by atoms with E-state index >= 15 is 0 Å². The number of nitrogen functional groups attached to an aromatic ring is 1. The monoisotopic (exact) mass is 298 g/mol. The number of benzene rings is 1. The lowest BCUT2D eigenvalue weighted by atomic mass is 10.0. The number of hydrogen-bond donors (Lipinski definition) is 1. The van der Waals surface area contributed by atoms with Crippen molar-refractivity contribution in [1.29, 1.82) is 5.26 Å². The molecule has 0 atom stereocenters. The van der Waals surface area contributed by atoms with Crippen LogP contribution in [0.4, 0.5) is 5.82 Å². The molecule has 108 valence electrons. The molecule has 0 aliphatic heterocycles. The molecule has 2 N–H and O–H groups in total. The molecule has 0 saturated heterocycles. The molecule has 0 aliphatic rings. The Morgan fingerprint density at radius 2 is 1.90 bits per heavy atom. The topological polar surface area (TPSA) is 75.6 Å². The van der Waals surface area contributed by atoms with Crippen molar-refractivity contribution in [3.8, 4) is 6.07 Å². The summed E-state index contributed by atoms with van der Waals surface area (Å²) in [6.45, 7) is 6.19. The molecule has 21 heavy (non-hydrogen) atoms. The average Bonchev–Trinajstić information content (AvgIpc) is 2.40. The van der Waals surface area contributed by atoms with Gasteiger partial charge in [0.15, 0.2) is 5.16 Å². The lowest BCUT2D eigenvalue weighted by Crippen LogP contribution is -2.07. The predicted octanol–water partition coefficient (Wildman–Crippen LogP) is 3.33. The first-order valence-corrected chi connectivity index (χ1v) is 7.66. The van der Waals surface area contributed by atoms with Crippen molar-refractivity contribution in [3.05, 3.63) is 46.6 Å². The van der Waals surface area contributed by atoms with Crippen LogP contribution >= 0.6 is 11.8 Å². The lowest BCUT2D eigenvalue weighted by molar-refractivity contribution is 0.896. The molecule has 1 aromatic carbocycles. The minimum atomic E-state index is 0.262. The largest absolute Gasteiger partial charge is 0.382 e. The molecule has 2 aromatic rings. The molecule has 0 amide bonds. The average molecular weight is 298 g/mol. The third-order valence-corrected chi connectivity index (χ3v) is 3.80. The van der Waals surface area contributed by atoms with Crippen molar-refractivity contribution in [2.45, 2.75) is 37.6 Å². The third-order valence-electron chi connectivity index (χ3n) is 2.94. The molecule has 1 heterocycles. The molecule has 0 spiro atoms. The number of nitriles is 1. The molecule has 0 unspecified atom stereocenters. The molecule has 0 aliphatic carbocycles. The van der Waals surface area contributed by atoms with Crippen molar-refractivity contribution >= 4 is 17.6 Å². The van der Waals surface area contributed by atoms with Gasteiger partial charge >= 0.3 is 0 Å². The van der Waals surface area contributed by atoms with E-state index in [1.54, 1.807) is 11.8 Å². The van der Waals surface area contributed by atoms with Crippen molar-refractivity contribution in [1.82, 2.24) is 9.97 Å². The summed E-state index contributed by atoms with van der Waals surface area (Å²) in [6, 6.07) is 10.3. The van der Waals surface area contributed by atoms with Gasteiger partial charge in [-0.2, -0.15) is 5.26 Å².